The summed E-state index contributed by atoms with van der Waals surface area (Å²) < 4.78 is 20.9. The van der Waals surface area contributed by atoms with Crippen LogP contribution >= 0.6 is 0 Å². The molecule has 1 aromatic carbocycles. The molecule has 0 aliphatic carbocycles. The minimum Gasteiger partial charge on any atom is -0.493 e. The minimum atomic E-state index is -0.920. The number of ether oxygens (including phenoxy) is 4. The predicted molar refractivity (Wildman–Crippen MR) is 73.5 cm³/mol. The fourth-order valence-electron chi connectivity index (χ4n) is 2.17. The maximum atomic E-state index is 12.4. The molecule has 0 radical (unpaired) electrons. The van der Waals surface area contributed by atoms with Crippen LogP contribution in [-0.4, -0.2) is 45.9 Å². The van der Waals surface area contributed by atoms with Gasteiger partial charge in [0.1, 0.15) is 12.0 Å². The average Bonchev–Trinajstić information content (AvgIpc) is 2.56. The van der Waals surface area contributed by atoms with Gasteiger partial charge in [-0.1, -0.05) is 6.07 Å². The van der Waals surface area contributed by atoms with E-state index in [0.717, 1.165) is 0 Å². The molecule has 0 aromatic heterocycles. The lowest BCUT2D eigenvalue weighted by atomic mass is 9.92. The van der Waals surface area contributed by atoms with Crippen LogP contribution in [0.25, 0.3) is 0 Å². The van der Waals surface area contributed by atoms with Crippen LogP contribution in [0.4, 0.5) is 0 Å². The van der Waals surface area contributed by atoms with Gasteiger partial charge < -0.3 is 18.9 Å². The SMILES string of the molecule is COc1ccc(C(C#N)C(=O)C2COCCO2)cc1OC. The van der Waals surface area contributed by atoms with Gasteiger partial charge >= 0.3 is 0 Å². The van der Waals surface area contributed by atoms with Gasteiger partial charge in [0.15, 0.2) is 17.3 Å². The number of carbonyl (C=O) groups excluding carboxylic acids is 1. The first-order valence-corrected chi connectivity index (χ1v) is 6.56. The van der Waals surface area contributed by atoms with Crippen LogP contribution in [-0.2, 0) is 14.3 Å². The van der Waals surface area contributed by atoms with Gasteiger partial charge in [-0.15, -0.1) is 0 Å². The number of hydrogen-bond donors (Lipinski definition) is 0. The molecule has 1 saturated heterocycles. The normalized spacial score (nSPS) is 19.4. The third-order valence-electron chi connectivity index (χ3n) is 3.29. The summed E-state index contributed by atoms with van der Waals surface area (Å²) in [5, 5.41) is 9.33. The molecular formula is C15H17NO5. The maximum Gasteiger partial charge on any atom is 0.185 e. The number of rotatable bonds is 5. The zero-order valence-corrected chi connectivity index (χ0v) is 12.0. The first-order chi connectivity index (χ1) is 10.2. The minimum absolute atomic E-state index is 0.185. The lowest BCUT2D eigenvalue weighted by Crippen LogP contribution is -2.38. The van der Waals surface area contributed by atoms with E-state index in [1.807, 2.05) is 6.07 Å². The van der Waals surface area contributed by atoms with Gasteiger partial charge in [0.25, 0.3) is 0 Å². The zero-order chi connectivity index (χ0) is 15.2. The standard InChI is InChI=1S/C15H17NO5/c1-18-12-4-3-10(7-13(12)19-2)11(8-16)15(17)14-9-20-5-6-21-14/h3-4,7,11,14H,5-6,9H2,1-2H3. The Morgan fingerprint density at radius 2 is 2.10 bits per heavy atom. The molecule has 112 valence electrons. The second-order valence-corrected chi connectivity index (χ2v) is 4.51. The Morgan fingerprint density at radius 3 is 2.67 bits per heavy atom. The summed E-state index contributed by atoms with van der Waals surface area (Å²) in [5.41, 5.74) is 0.550. The molecule has 2 unspecified atom stereocenters. The van der Waals surface area contributed by atoms with E-state index in [9.17, 15) is 10.1 Å². The van der Waals surface area contributed by atoms with E-state index in [-0.39, 0.29) is 12.4 Å². The number of nitriles is 1. The molecule has 6 nitrogen and oxygen atoms in total. The summed E-state index contributed by atoms with van der Waals surface area (Å²) in [6.07, 6.45) is -0.698. The molecule has 1 aliphatic heterocycles. The molecule has 0 N–H and O–H groups in total. The summed E-state index contributed by atoms with van der Waals surface area (Å²) >= 11 is 0. The van der Waals surface area contributed by atoms with Crippen molar-refractivity contribution in [3.05, 3.63) is 23.8 Å². The zero-order valence-electron chi connectivity index (χ0n) is 12.0. The van der Waals surface area contributed by atoms with E-state index in [1.54, 1.807) is 18.2 Å². The predicted octanol–water partition coefficient (Wildman–Crippen LogP) is 1.30. The van der Waals surface area contributed by atoms with Crippen molar-refractivity contribution in [2.75, 3.05) is 34.0 Å². The quantitative estimate of drug-likeness (QED) is 0.813. The number of Topliss-reactive ketones (excluding diaryl/α,β-unsaturated/α-hetero) is 1. The molecule has 21 heavy (non-hydrogen) atoms. The number of ketones is 1. The molecule has 0 bridgehead atoms. The van der Waals surface area contributed by atoms with Gasteiger partial charge in [-0.2, -0.15) is 5.26 Å². The molecule has 2 atom stereocenters. The van der Waals surface area contributed by atoms with Crippen LogP contribution in [0.1, 0.15) is 11.5 Å². The van der Waals surface area contributed by atoms with Crippen molar-refractivity contribution in [3.63, 3.8) is 0 Å². The van der Waals surface area contributed by atoms with Gasteiger partial charge in [-0.05, 0) is 17.7 Å². The van der Waals surface area contributed by atoms with Crippen LogP contribution in [0.3, 0.4) is 0 Å². The van der Waals surface area contributed by atoms with Crippen molar-refractivity contribution < 1.29 is 23.7 Å². The Labute approximate surface area is 123 Å². The Kier molecular flexibility index (Phi) is 5.14. The van der Waals surface area contributed by atoms with E-state index in [4.69, 9.17) is 18.9 Å². The van der Waals surface area contributed by atoms with Crippen molar-refractivity contribution in [2.45, 2.75) is 12.0 Å². The molecule has 0 spiro atoms. The highest BCUT2D eigenvalue weighted by molar-refractivity contribution is 5.92. The number of benzene rings is 1. The Morgan fingerprint density at radius 1 is 1.33 bits per heavy atom. The fraction of sp³-hybridized carbons (Fsp3) is 0.467. The molecule has 2 rings (SSSR count). The summed E-state index contributed by atoms with van der Waals surface area (Å²) in [7, 11) is 3.03. The van der Waals surface area contributed by atoms with Crippen molar-refractivity contribution in [1.82, 2.24) is 0 Å². The Balaban J connectivity index is 2.24. The van der Waals surface area contributed by atoms with E-state index < -0.39 is 12.0 Å². The van der Waals surface area contributed by atoms with Gasteiger partial charge in [-0.3, -0.25) is 4.79 Å². The van der Waals surface area contributed by atoms with Crippen LogP contribution in [0, 0.1) is 11.3 Å². The lowest BCUT2D eigenvalue weighted by Gasteiger charge is -2.23. The van der Waals surface area contributed by atoms with Gasteiger partial charge in [0.05, 0.1) is 40.1 Å². The topological polar surface area (TPSA) is 77.8 Å². The number of nitrogens with zero attached hydrogens (tertiary/aromatic N) is 1. The summed E-state index contributed by atoms with van der Waals surface area (Å²) in [5.74, 6) is -0.201. The summed E-state index contributed by atoms with van der Waals surface area (Å²) in [6.45, 7) is 1.02. The van der Waals surface area contributed by atoms with E-state index in [1.165, 1.54) is 14.2 Å². The summed E-state index contributed by atoms with van der Waals surface area (Å²) in [6, 6.07) is 7.00. The third-order valence-corrected chi connectivity index (χ3v) is 3.29. The number of carbonyl (C=O) groups is 1. The second-order valence-electron chi connectivity index (χ2n) is 4.51. The van der Waals surface area contributed by atoms with Gasteiger partial charge in [-0.25, -0.2) is 0 Å². The monoisotopic (exact) mass is 291 g/mol. The molecule has 1 aliphatic rings. The number of hydrogen-bond acceptors (Lipinski definition) is 6. The highest BCUT2D eigenvalue weighted by Crippen LogP contribution is 2.31. The van der Waals surface area contributed by atoms with Gasteiger partial charge in [0.2, 0.25) is 0 Å². The average molecular weight is 291 g/mol. The molecule has 1 aromatic rings. The smallest absolute Gasteiger partial charge is 0.185 e. The molecule has 1 fully saturated rings. The number of methoxy groups -OCH3 is 2. The molecule has 6 heteroatoms. The molecule has 0 amide bonds. The highest BCUT2D eigenvalue weighted by Gasteiger charge is 2.31. The fourth-order valence-corrected chi connectivity index (χ4v) is 2.17. The maximum absolute atomic E-state index is 12.4. The lowest BCUT2D eigenvalue weighted by molar-refractivity contribution is -0.145. The Bertz CT molecular complexity index is 545. The van der Waals surface area contributed by atoms with Crippen LogP contribution < -0.4 is 9.47 Å². The van der Waals surface area contributed by atoms with E-state index in [0.29, 0.717) is 30.3 Å². The molecular weight excluding hydrogens is 274 g/mol. The first kappa shape index (κ1) is 15.3. The van der Waals surface area contributed by atoms with Crippen LogP contribution in [0.5, 0.6) is 11.5 Å². The first-order valence-electron chi connectivity index (χ1n) is 6.56. The Hall–Kier alpha value is -2.10. The molecule has 1 heterocycles. The molecule has 0 saturated carbocycles. The van der Waals surface area contributed by atoms with Crippen LogP contribution in [0.2, 0.25) is 0 Å². The van der Waals surface area contributed by atoms with Crippen molar-refractivity contribution >= 4 is 5.78 Å². The van der Waals surface area contributed by atoms with Gasteiger partial charge in [0, 0.05) is 0 Å². The highest BCUT2D eigenvalue weighted by atomic mass is 16.6. The summed E-state index contributed by atoms with van der Waals surface area (Å²) in [4.78, 5) is 12.4. The third kappa shape index (κ3) is 3.32. The van der Waals surface area contributed by atoms with E-state index in [2.05, 4.69) is 0 Å². The van der Waals surface area contributed by atoms with Crippen molar-refractivity contribution in [1.29, 1.82) is 5.26 Å². The van der Waals surface area contributed by atoms with Crippen LogP contribution in [0.15, 0.2) is 18.2 Å². The largest absolute Gasteiger partial charge is 0.493 e. The van der Waals surface area contributed by atoms with E-state index >= 15 is 0 Å². The van der Waals surface area contributed by atoms with Crippen molar-refractivity contribution in [2.24, 2.45) is 0 Å². The second kappa shape index (κ2) is 7.07. The van der Waals surface area contributed by atoms with Crippen molar-refractivity contribution in [3.8, 4) is 17.6 Å².